The molecule has 3 N–H and O–H groups in total. The predicted molar refractivity (Wildman–Crippen MR) is 133 cm³/mol. The van der Waals surface area contributed by atoms with Crippen molar-refractivity contribution in [2.24, 2.45) is 0 Å². The summed E-state index contributed by atoms with van der Waals surface area (Å²) in [6.07, 6.45) is 5.12. The summed E-state index contributed by atoms with van der Waals surface area (Å²) in [4.78, 5) is 23.0. The molecule has 2 heterocycles. The first-order valence-electron chi connectivity index (χ1n) is 11.8. The lowest BCUT2D eigenvalue weighted by molar-refractivity contribution is -0.143. The van der Waals surface area contributed by atoms with Crippen LogP contribution in [0.3, 0.4) is 0 Å². The number of aromatic hydroxyl groups is 1. The van der Waals surface area contributed by atoms with Crippen LogP contribution in [0.4, 0.5) is 15.9 Å². The lowest BCUT2D eigenvalue weighted by atomic mass is 10.1. The fraction of sp³-hybridized carbons (Fsp3) is 0.346. The Bertz CT molecular complexity index is 1340. The van der Waals surface area contributed by atoms with Crippen molar-refractivity contribution in [3.05, 3.63) is 48.2 Å². The first-order valence-corrected chi connectivity index (χ1v) is 11.8. The minimum absolute atomic E-state index is 0.0279. The number of aryl methyl sites for hydroxylation is 1. The van der Waals surface area contributed by atoms with E-state index in [0.717, 1.165) is 36.9 Å². The summed E-state index contributed by atoms with van der Waals surface area (Å²) in [7, 11) is 0. The van der Waals surface area contributed by atoms with Crippen LogP contribution in [0.25, 0.3) is 21.8 Å². The summed E-state index contributed by atoms with van der Waals surface area (Å²) in [6, 6.07) is 8.39. The van der Waals surface area contributed by atoms with E-state index in [1.165, 1.54) is 12.4 Å². The van der Waals surface area contributed by atoms with Crippen LogP contribution in [0.5, 0.6) is 11.5 Å². The van der Waals surface area contributed by atoms with Gasteiger partial charge in [0.2, 0.25) is 0 Å². The van der Waals surface area contributed by atoms with E-state index in [1.807, 2.05) is 13.0 Å². The summed E-state index contributed by atoms with van der Waals surface area (Å²) >= 11 is 0. The summed E-state index contributed by atoms with van der Waals surface area (Å²) in [5.41, 5.74) is 2.39. The van der Waals surface area contributed by atoms with E-state index in [1.54, 1.807) is 25.1 Å². The van der Waals surface area contributed by atoms with E-state index in [9.17, 15) is 9.90 Å². The molecule has 0 atom stereocenters. The number of esters is 1. The first-order chi connectivity index (χ1) is 17.0. The quantitative estimate of drug-likeness (QED) is 0.181. The van der Waals surface area contributed by atoms with Gasteiger partial charge in [0.15, 0.2) is 17.3 Å². The number of fused-ring (bicyclic) bond motifs is 2. The van der Waals surface area contributed by atoms with Gasteiger partial charge < -0.3 is 24.9 Å². The molecule has 0 saturated heterocycles. The summed E-state index contributed by atoms with van der Waals surface area (Å²) in [5.74, 6) is 0.138. The molecule has 0 aliphatic carbocycles. The van der Waals surface area contributed by atoms with Crippen molar-refractivity contribution < 1.29 is 23.8 Å². The van der Waals surface area contributed by atoms with Crippen LogP contribution in [-0.4, -0.2) is 39.2 Å². The second-order valence-corrected chi connectivity index (χ2v) is 8.34. The monoisotopic (exact) mass is 480 g/mol. The van der Waals surface area contributed by atoms with Gasteiger partial charge in [-0.3, -0.25) is 4.79 Å². The Morgan fingerprint density at radius 2 is 1.94 bits per heavy atom. The van der Waals surface area contributed by atoms with Crippen molar-refractivity contribution in [2.75, 3.05) is 18.5 Å². The molecule has 2 aromatic heterocycles. The standard InChI is InChI=1S/C26H29FN4O4/c1-3-34-24(33)8-6-4-5-7-11-35-23-13-18-21(14-22(23)32)28-15-29-26(18)31-20-10-9-19-17(25(20)27)12-16(2)30-19/h9-10,12-15,30,32H,3-8,11H2,1-2H3,(H,28,29,31). The van der Waals surface area contributed by atoms with E-state index in [-0.39, 0.29) is 23.2 Å². The number of phenolic OH excluding ortho intramolecular Hbond substituents is 1. The maximum Gasteiger partial charge on any atom is 0.305 e. The Hall–Kier alpha value is -3.88. The zero-order chi connectivity index (χ0) is 24.8. The van der Waals surface area contributed by atoms with Gasteiger partial charge in [-0.25, -0.2) is 14.4 Å². The number of benzene rings is 2. The smallest absolute Gasteiger partial charge is 0.305 e. The number of hydrogen-bond acceptors (Lipinski definition) is 7. The molecule has 4 rings (SSSR count). The molecule has 0 bridgehead atoms. The number of H-pyrrole nitrogens is 1. The van der Waals surface area contributed by atoms with Crippen LogP contribution in [0.2, 0.25) is 0 Å². The average Bonchev–Trinajstić information content (AvgIpc) is 3.22. The highest BCUT2D eigenvalue weighted by molar-refractivity contribution is 5.94. The van der Waals surface area contributed by atoms with Crippen molar-refractivity contribution in [3.63, 3.8) is 0 Å². The Morgan fingerprint density at radius 3 is 2.77 bits per heavy atom. The third kappa shape index (κ3) is 5.79. The van der Waals surface area contributed by atoms with Gasteiger partial charge in [-0.15, -0.1) is 0 Å². The fourth-order valence-electron chi connectivity index (χ4n) is 3.96. The number of hydrogen-bond donors (Lipinski definition) is 3. The number of rotatable bonds is 11. The second kappa shape index (κ2) is 11.0. The molecule has 8 nitrogen and oxygen atoms in total. The van der Waals surface area contributed by atoms with Crippen molar-refractivity contribution in [1.29, 1.82) is 0 Å². The molecule has 0 radical (unpaired) electrons. The molecule has 0 unspecified atom stereocenters. The van der Waals surface area contributed by atoms with Crippen LogP contribution in [0, 0.1) is 12.7 Å². The number of aromatic amines is 1. The lowest BCUT2D eigenvalue weighted by Gasteiger charge is -2.13. The van der Waals surface area contributed by atoms with Gasteiger partial charge in [0.05, 0.1) is 24.4 Å². The summed E-state index contributed by atoms with van der Waals surface area (Å²) < 4.78 is 25.8. The van der Waals surface area contributed by atoms with Crippen LogP contribution in [0.1, 0.15) is 44.7 Å². The van der Waals surface area contributed by atoms with Crippen LogP contribution in [0.15, 0.2) is 36.7 Å². The first kappa shape index (κ1) is 24.3. The number of carbonyl (C=O) groups is 1. The molecule has 0 fully saturated rings. The van der Waals surface area contributed by atoms with E-state index < -0.39 is 0 Å². The van der Waals surface area contributed by atoms with Gasteiger partial charge in [0, 0.05) is 34.5 Å². The van der Waals surface area contributed by atoms with Crippen molar-refractivity contribution in [2.45, 2.75) is 46.0 Å². The van der Waals surface area contributed by atoms with Gasteiger partial charge in [-0.1, -0.05) is 12.8 Å². The van der Waals surface area contributed by atoms with Crippen LogP contribution >= 0.6 is 0 Å². The normalized spacial score (nSPS) is 11.2. The molecule has 184 valence electrons. The summed E-state index contributed by atoms with van der Waals surface area (Å²) in [5, 5.41) is 14.5. The van der Waals surface area contributed by atoms with E-state index in [2.05, 4.69) is 20.3 Å². The van der Waals surface area contributed by atoms with Gasteiger partial charge >= 0.3 is 5.97 Å². The van der Waals surface area contributed by atoms with E-state index in [4.69, 9.17) is 9.47 Å². The molecular weight excluding hydrogens is 451 g/mol. The fourth-order valence-corrected chi connectivity index (χ4v) is 3.96. The van der Waals surface area contributed by atoms with E-state index >= 15 is 4.39 Å². The Labute approximate surface area is 202 Å². The maximum absolute atomic E-state index is 15.1. The van der Waals surface area contributed by atoms with Crippen molar-refractivity contribution in [1.82, 2.24) is 15.0 Å². The third-order valence-electron chi connectivity index (χ3n) is 5.68. The highest BCUT2D eigenvalue weighted by Crippen LogP contribution is 2.35. The van der Waals surface area contributed by atoms with E-state index in [0.29, 0.717) is 47.5 Å². The van der Waals surface area contributed by atoms with Crippen LogP contribution < -0.4 is 10.1 Å². The number of carbonyl (C=O) groups excluding carboxylic acids is 1. The molecular formula is C26H29FN4O4. The maximum atomic E-state index is 15.1. The molecule has 0 aliphatic rings. The van der Waals surface area contributed by atoms with Crippen molar-refractivity contribution in [3.8, 4) is 11.5 Å². The highest BCUT2D eigenvalue weighted by Gasteiger charge is 2.14. The Kier molecular flexibility index (Phi) is 7.64. The molecule has 0 spiro atoms. The van der Waals surface area contributed by atoms with Gasteiger partial charge in [-0.05, 0) is 51.0 Å². The SMILES string of the molecule is CCOC(=O)CCCCCCOc1cc2c(Nc3ccc4[nH]c(C)cc4c3F)ncnc2cc1O. The van der Waals surface area contributed by atoms with Gasteiger partial charge in [0.1, 0.15) is 12.1 Å². The predicted octanol–water partition coefficient (Wildman–Crippen LogP) is 5.90. The molecule has 4 aromatic rings. The molecule has 0 aliphatic heterocycles. The number of halogens is 1. The van der Waals surface area contributed by atoms with Crippen LogP contribution in [-0.2, 0) is 9.53 Å². The number of aromatic nitrogens is 3. The highest BCUT2D eigenvalue weighted by atomic mass is 19.1. The lowest BCUT2D eigenvalue weighted by Crippen LogP contribution is -2.03. The zero-order valence-corrected chi connectivity index (χ0v) is 19.9. The Balaban J connectivity index is 1.42. The van der Waals surface area contributed by atoms with Crippen molar-refractivity contribution >= 4 is 39.3 Å². The molecule has 0 amide bonds. The Morgan fingerprint density at radius 1 is 1.11 bits per heavy atom. The number of anilines is 2. The van der Waals surface area contributed by atoms with Gasteiger partial charge in [-0.2, -0.15) is 0 Å². The topological polar surface area (TPSA) is 109 Å². The molecule has 0 saturated carbocycles. The number of nitrogens with one attached hydrogen (secondary N) is 2. The molecule has 2 aromatic carbocycles. The number of unbranched alkanes of at least 4 members (excludes halogenated alkanes) is 3. The molecule has 35 heavy (non-hydrogen) atoms. The number of ether oxygens (including phenoxy) is 2. The van der Waals surface area contributed by atoms with Gasteiger partial charge in [0.25, 0.3) is 0 Å². The minimum atomic E-state index is -0.378. The number of nitrogens with zero attached hydrogens (tertiary/aromatic N) is 2. The third-order valence-corrected chi connectivity index (χ3v) is 5.68. The largest absolute Gasteiger partial charge is 0.504 e. The number of phenols is 1. The zero-order valence-electron chi connectivity index (χ0n) is 19.9. The molecule has 9 heteroatoms. The summed E-state index contributed by atoms with van der Waals surface area (Å²) in [6.45, 7) is 4.49. The second-order valence-electron chi connectivity index (χ2n) is 8.34. The average molecular weight is 481 g/mol. The minimum Gasteiger partial charge on any atom is -0.504 e.